The second-order valence-corrected chi connectivity index (χ2v) is 11.1. The highest BCUT2D eigenvalue weighted by Gasteiger charge is 2.72. The van der Waals surface area contributed by atoms with Gasteiger partial charge in [-0.15, -0.1) is 0 Å². The highest BCUT2D eigenvalue weighted by Crippen LogP contribution is 2.55. The molecule has 3 heterocycles. The maximum atomic E-state index is 14.0. The second kappa shape index (κ2) is 11.1. The quantitative estimate of drug-likeness (QED) is 0.359. The number of hydrogen-bond acceptors (Lipinski definition) is 6. The van der Waals surface area contributed by atoms with Crippen LogP contribution in [0.1, 0.15) is 52.4 Å². The second-order valence-electron chi connectivity index (χ2n) is 11.1. The van der Waals surface area contributed by atoms with Crippen LogP contribution in [0.15, 0.2) is 36.4 Å². The fourth-order valence-corrected chi connectivity index (χ4v) is 6.49. The smallest absolute Gasteiger partial charge is 0.246 e. The van der Waals surface area contributed by atoms with Crippen molar-refractivity contribution in [3.63, 3.8) is 0 Å². The van der Waals surface area contributed by atoms with Gasteiger partial charge in [0.25, 0.3) is 0 Å². The van der Waals surface area contributed by atoms with Crippen LogP contribution in [0.4, 0.5) is 5.69 Å². The number of ether oxygens (including phenoxy) is 3. The van der Waals surface area contributed by atoms with Gasteiger partial charge in [-0.3, -0.25) is 14.4 Å². The lowest BCUT2D eigenvalue weighted by molar-refractivity contribution is -0.141. The van der Waals surface area contributed by atoms with Crippen LogP contribution in [0.25, 0.3) is 0 Å². The molecule has 1 spiro atoms. The topological polar surface area (TPSA) is 106 Å². The first-order valence-corrected chi connectivity index (χ1v) is 13.9. The van der Waals surface area contributed by atoms with E-state index in [4.69, 9.17) is 14.2 Å². The summed E-state index contributed by atoms with van der Waals surface area (Å²) >= 11 is 0. The van der Waals surface area contributed by atoms with Crippen molar-refractivity contribution in [2.24, 2.45) is 11.8 Å². The molecule has 3 fully saturated rings. The van der Waals surface area contributed by atoms with Crippen LogP contribution in [0.3, 0.4) is 0 Å². The van der Waals surface area contributed by atoms with E-state index in [1.54, 1.807) is 36.3 Å². The van der Waals surface area contributed by atoms with Gasteiger partial charge >= 0.3 is 0 Å². The third-order valence-electron chi connectivity index (χ3n) is 8.23. The molecule has 2 N–H and O–H groups in total. The molecule has 2 bridgehead atoms. The standard InChI is InChI=1S/C29H39N3O6/c1-18(2)37-17-7-16-32-25(27(34)31-19-8-5-4-6-9-19)29-15-14-22(38-29)23(24(29)28(32)35)26(33)30-20-10-12-21(36-3)13-11-20/h10-15,18-19,22-25H,4-9,16-17H2,1-3H3,(H,30,33)(H,31,34)/t22-,23-,24-,25+,29-/m1/s1. The molecule has 0 aromatic heterocycles. The van der Waals surface area contributed by atoms with E-state index in [-0.39, 0.29) is 29.9 Å². The minimum atomic E-state index is -1.15. The molecule has 3 aliphatic heterocycles. The number of fused-ring (bicyclic) bond motifs is 1. The lowest BCUT2D eigenvalue weighted by Gasteiger charge is -2.34. The zero-order valence-electron chi connectivity index (χ0n) is 22.5. The molecule has 9 heteroatoms. The number of benzene rings is 1. The lowest BCUT2D eigenvalue weighted by Crippen LogP contribution is -2.56. The molecule has 206 valence electrons. The molecule has 0 unspecified atom stereocenters. The van der Waals surface area contributed by atoms with Crippen LogP contribution in [0.5, 0.6) is 5.75 Å². The van der Waals surface area contributed by atoms with Crippen LogP contribution < -0.4 is 15.4 Å². The molecule has 0 radical (unpaired) electrons. The summed E-state index contributed by atoms with van der Waals surface area (Å²) in [5, 5.41) is 6.15. The van der Waals surface area contributed by atoms with Gasteiger partial charge < -0.3 is 29.7 Å². The highest BCUT2D eigenvalue weighted by atomic mass is 16.5. The van der Waals surface area contributed by atoms with E-state index >= 15 is 0 Å². The SMILES string of the molecule is COc1ccc(NC(=O)[C@@H]2[C@H]3C=C[C@]4(O3)[C@H](C(=O)NC3CCCCC3)N(CCCOC(C)C)C(=O)[C@@H]24)cc1. The summed E-state index contributed by atoms with van der Waals surface area (Å²) in [5.41, 5.74) is -0.544. The Labute approximate surface area is 224 Å². The van der Waals surface area contributed by atoms with Crippen molar-refractivity contribution < 1.29 is 28.6 Å². The van der Waals surface area contributed by atoms with E-state index in [1.165, 1.54) is 6.42 Å². The van der Waals surface area contributed by atoms with E-state index in [0.717, 1.165) is 25.7 Å². The first-order chi connectivity index (χ1) is 18.3. The fraction of sp³-hybridized carbons (Fsp3) is 0.621. The number of rotatable bonds is 10. The van der Waals surface area contributed by atoms with Gasteiger partial charge in [-0.1, -0.05) is 31.4 Å². The van der Waals surface area contributed by atoms with Crippen LogP contribution in [-0.4, -0.2) is 72.8 Å². The molecule has 38 heavy (non-hydrogen) atoms. The first kappa shape index (κ1) is 26.7. The largest absolute Gasteiger partial charge is 0.497 e. The third-order valence-corrected chi connectivity index (χ3v) is 8.23. The Morgan fingerprint density at radius 1 is 1.13 bits per heavy atom. The number of carbonyl (C=O) groups excluding carboxylic acids is 3. The van der Waals surface area contributed by atoms with Crippen molar-refractivity contribution >= 4 is 23.4 Å². The Hall–Kier alpha value is -2.91. The van der Waals surface area contributed by atoms with E-state index in [1.807, 2.05) is 26.0 Å². The fourth-order valence-electron chi connectivity index (χ4n) is 6.49. The van der Waals surface area contributed by atoms with Gasteiger partial charge in [0, 0.05) is 24.9 Å². The molecule has 1 aliphatic carbocycles. The molecule has 1 saturated carbocycles. The molecule has 4 aliphatic rings. The zero-order valence-corrected chi connectivity index (χ0v) is 22.5. The van der Waals surface area contributed by atoms with Gasteiger partial charge in [0.15, 0.2) is 0 Å². The summed E-state index contributed by atoms with van der Waals surface area (Å²) in [6.07, 6.45) is 9.06. The minimum absolute atomic E-state index is 0.0838. The average molecular weight is 526 g/mol. The number of nitrogens with zero attached hydrogens (tertiary/aromatic N) is 1. The van der Waals surface area contributed by atoms with Crippen molar-refractivity contribution in [2.75, 3.05) is 25.6 Å². The van der Waals surface area contributed by atoms with E-state index in [2.05, 4.69) is 10.6 Å². The number of hydrogen-bond donors (Lipinski definition) is 2. The molecule has 1 aromatic rings. The molecular weight excluding hydrogens is 486 g/mol. The van der Waals surface area contributed by atoms with Crippen molar-refractivity contribution in [3.8, 4) is 5.75 Å². The Morgan fingerprint density at radius 3 is 2.55 bits per heavy atom. The third kappa shape index (κ3) is 4.94. The predicted molar refractivity (Wildman–Crippen MR) is 142 cm³/mol. The molecular formula is C29H39N3O6. The normalized spacial score (nSPS) is 30.1. The number of methoxy groups -OCH3 is 1. The number of likely N-dealkylation sites (tertiary alicyclic amines) is 1. The van der Waals surface area contributed by atoms with E-state index in [9.17, 15) is 14.4 Å². The van der Waals surface area contributed by atoms with Gasteiger partial charge in [0.2, 0.25) is 17.7 Å². The summed E-state index contributed by atoms with van der Waals surface area (Å²) in [7, 11) is 1.58. The van der Waals surface area contributed by atoms with E-state index in [0.29, 0.717) is 31.0 Å². The maximum absolute atomic E-state index is 14.0. The number of amides is 3. The van der Waals surface area contributed by atoms with Crippen molar-refractivity contribution in [1.29, 1.82) is 0 Å². The van der Waals surface area contributed by atoms with Gasteiger partial charge in [0.05, 0.1) is 31.2 Å². The number of nitrogens with one attached hydrogen (secondary N) is 2. The minimum Gasteiger partial charge on any atom is -0.497 e. The Bertz CT molecular complexity index is 1070. The Morgan fingerprint density at radius 2 is 1.87 bits per heavy atom. The summed E-state index contributed by atoms with van der Waals surface area (Å²) < 4.78 is 17.3. The number of anilines is 1. The van der Waals surface area contributed by atoms with Gasteiger partial charge in [-0.25, -0.2) is 0 Å². The summed E-state index contributed by atoms with van der Waals surface area (Å²) in [6, 6.07) is 6.33. The van der Waals surface area contributed by atoms with Crippen molar-refractivity contribution in [2.45, 2.75) is 82.3 Å². The lowest BCUT2D eigenvalue weighted by atomic mass is 9.74. The molecule has 1 aromatic carbocycles. The van der Waals surface area contributed by atoms with E-state index < -0.39 is 29.6 Å². The summed E-state index contributed by atoms with van der Waals surface area (Å²) in [6.45, 7) is 4.78. The molecule has 5 rings (SSSR count). The highest BCUT2D eigenvalue weighted by molar-refractivity contribution is 6.02. The average Bonchev–Trinajstić information content (AvgIpc) is 3.55. The maximum Gasteiger partial charge on any atom is 0.246 e. The molecule has 9 nitrogen and oxygen atoms in total. The van der Waals surface area contributed by atoms with Crippen molar-refractivity contribution in [1.82, 2.24) is 10.2 Å². The first-order valence-electron chi connectivity index (χ1n) is 13.9. The molecule has 3 amide bonds. The monoisotopic (exact) mass is 525 g/mol. The molecule has 5 atom stereocenters. The van der Waals surface area contributed by atoms with Gasteiger partial charge in [-0.2, -0.15) is 0 Å². The number of carbonyl (C=O) groups is 3. The van der Waals surface area contributed by atoms with Crippen molar-refractivity contribution in [3.05, 3.63) is 36.4 Å². The van der Waals surface area contributed by atoms with Gasteiger partial charge in [-0.05, 0) is 57.4 Å². The van der Waals surface area contributed by atoms with Crippen LogP contribution >= 0.6 is 0 Å². The Balaban J connectivity index is 1.38. The molecule has 2 saturated heterocycles. The Kier molecular flexibility index (Phi) is 7.77. The van der Waals surface area contributed by atoms with Gasteiger partial charge in [0.1, 0.15) is 17.4 Å². The summed E-state index contributed by atoms with van der Waals surface area (Å²) in [4.78, 5) is 42.9. The van der Waals surface area contributed by atoms with Crippen LogP contribution in [-0.2, 0) is 23.9 Å². The van der Waals surface area contributed by atoms with Crippen LogP contribution in [0, 0.1) is 11.8 Å². The van der Waals surface area contributed by atoms with Crippen LogP contribution in [0.2, 0.25) is 0 Å². The predicted octanol–water partition coefficient (Wildman–Crippen LogP) is 3.05. The zero-order chi connectivity index (χ0) is 26.9. The summed E-state index contributed by atoms with van der Waals surface area (Å²) in [5.74, 6) is -1.50.